The molecule has 0 spiro atoms. The fourth-order valence-corrected chi connectivity index (χ4v) is 2.59. The third-order valence-electron chi connectivity index (χ3n) is 2.18. The Morgan fingerprint density at radius 3 is 2.67 bits per heavy atom. The first-order valence-corrected chi connectivity index (χ1v) is 6.81. The van der Waals surface area contributed by atoms with Crippen LogP contribution in [0.3, 0.4) is 0 Å². The zero-order valence-electron chi connectivity index (χ0n) is 9.43. The van der Waals surface area contributed by atoms with E-state index in [0.29, 0.717) is 4.31 Å². The van der Waals surface area contributed by atoms with Gasteiger partial charge in [-0.1, -0.05) is 11.6 Å². The van der Waals surface area contributed by atoms with Crippen molar-refractivity contribution < 1.29 is 22.7 Å². The van der Waals surface area contributed by atoms with Crippen molar-refractivity contribution in [2.24, 2.45) is 0 Å². The quantitative estimate of drug-likeness (QED) is 0.889. The predicted molar refractivity (Wildman–Crippen MR) is 64.3 cm³/mol. The van der Waals surface area contributed by atoms with Crippen LogP contribution in [-0.4, -0.2) is 37.4 Å². The molecule has 5 nitrogen and oxygen atoms in total. The molecule has 0 amide bonds. The normalized spacial score (nSPS) is 11.8. The largest absolute Gasteiger partial charge is 0.480 e. The number of rotatable bonds is 5. The Kier molecular flexibility index (Phi) is 4.66. The van der Waals surface area contributed by atoms with E-state index in [-0.39, 0.29) is 10.6 Å². The van der Waals surface area contributed by atoms with E-state index in [4.69, 9.17) is 16.7 Å². The van der Waals surface area contributed by atoms with Crippen molar-refractivity contribution in [3.05, 3.63) is 34.6 Å². The van der Waals surface area contributed by atoms with Crippen molar-refractivity contribution in [1.29, 1.82) is 0 Å². The SMILES string of the molecule is CN(CC(=O)O)S(=O)(=O)Cc1cc(Cl)ccc1F. The standard InChI is InChI=1S/C10H11ClFNO4S/c1-13(5-10(14)15)18(16,17)6-7-4-8(11)2-3-9(7)12/h2-4H,5-6H2,1H3,(H,14,15). The molecule has 1 aromatic carbocycles. The van der Waals surface area contributed by atoms with E-state index >= 15 is 0 Å². The third kappa shape index (κ3) is 3.94. The van der Waals surface area contributed by atoms with Gasteiger partial charge in [-0.3, -0.25) is 4.79 Å². The number of aliphatic carboxylic acids is 1. The topological polar surface area (TPSA) is 74.7 Å². The average molecular weight is 296 g/mol. The smallest absolute Gasteiger partial charge is 0.318 e. The number of likely N-dealkylation sites (N-methyl/N-ethyl adjacent to an activating group) is 1. The molecule has 0 radical (unpaired) electrons. The van der Waals surface area contributed by atoms with Crippen LogP contribution in [0.1, 0.15) is 5.56 Å². The van der Waals surface area contributed by atoms with Crippen LogP contribution in [0.4, 0.5) is 4.39 Å². The first-order valence-electron chi connectivity index (χ1n) is 4.82. The van der Waals surface area contributed by atoms with Gasteiger partial charge in [0.05, 0.1) is 5.75 Å². The molecule has 18 heavy (non-hydrogen) atoms. The minimum Gasteiger partial charge on any atom is -0.480 e. The summed E-state index contributed by atoms with van der Waals surface area (Å²) < 4.78 is 37.5. The summed E-state index contributed by atoms with van der Waals surface area (Å²) in [5.74, 6) is -2.62. The molecule has 1 aromatic rings. The highest BCUT2D eigenvalue weighted by molar-refractivity contribution is 7.88. The lowest BCUT2D eigenvalue weighted by Gasteiger charge is -2.15. The number of carboxylic acids is 1. The van der Waals surface area contributed by atoms with E-state index < -0.39 is 34.1 Å². The minimum absolute atomic E-state index is 0.0975. The van der Waals surface area contributed by atoms with Crippen LogP contribution in [0.2, 0.25) is 5.02 Å². The number of nitrogens with zero attached hydrogens (tertiary/aromatic N) is 1. The second-order valence-corrected chi connectivity index (χ2v) is 6.15. The molecule has 0 atom stereocenters. The molecule has 8 heteroatoms. The number of hydrogen-bond acceptors (Lipinski definition) is 3. The summed E-state index contributed by atoms with van der Waals surface area (Å²) in [5.41, 5.74) is -0.0975. The van der Waals surface area contributed by atoms with Crippen LogP contribution in [0.15, 0.2) is 18.2 Å². The first kappa shape index (κ1) is 14.9. The molecule has 0 aromatic heterocycles. The summed E-state index contributed by atoms with van der Waals surface area (Å²) in [4.78, 5) is 10.4. The molecule has 1 rings (SSSR count). The van der Waals surface area contributed by atoms with Crippen molar-refractivity contribution in [3.63, 3.8) is 0 Å². The number of carboxylic acid groups (broad SMARTS) is 1. The fourth-order valence-electron chi connectivity index (χ4n) is 1.25. The molecule has 0 aliphatic carbocycles. The minimum atomic E-state index is -3.89. The highest BCUT2D eigenvalue weighted by atomic mass is 35.5. The molecule has 0 fully saturated rings. The Labute approximate surface area is 109 Å². The lowest BCUT2D eigenvalue weighted by molar-refractivity contribution is -0.137. The number of halogens is 2. The fraction of sp³-hybridized carbons (Fsp3) is 0.300. The molecule has 0 saturated carbocycles. The second kappa shape index (κ2) is 5.64. The maximum Gasteiger partial charge on any atom is 0.318 e. The maximum absolute atomic E-state index is 13.4. The molecule has 0 unspecified atom stereocenters. The molecule has 0 bridgehead atoms. The van der Waals surface area contributed by atoms with E-state index in [0.717, 1.165) is 13.1 Å². The average Bonchev–Trinajstić information content (AvgIpc) is 2.22. The van der Waals surface area contributed by atoms with Crippen molar-refractivity contribution in [3.8, 4) is 0 Å². The van der Waals surface area contributed by atoms with Crippen LogP contribution < -0.4 is 0 Å². The Hall–Kier alpha value is -1.18. The monoisotopic (exact) mass is 295 g/mol. The van der Waals surface area contributed by atoms with Gasteiger partial charge in [0.1, 0.15) is 12.4 Å². The van der Waals surface area contributed by atoms with Gasteiger partial charge in [-0.25, -0.2) is 12.8 Å². The molecule has 1 N–H and O–H groups in total. The number of hydrogen-bond donors (Lipinski definition) is 1. The van der Waals surface area contributed by atoms with E-state index in [9.17, 15) is 17.6 Å². The highest BCUT2D eigenvalue weighted by Crippen LogP contribution is 2.18. The molecule has 0 saturated heterocycles. The summed E-state index contributed by atoms with van der Waals surface area (Å²) in [7, 11) is -2.78. The summed E-state index contributed by atoms with van der Waals surface area (Å²) in [6.07, 6.45) is 0. The van der Waals surface area contributed by atoms with Crippen LogP contribution in [0, 0.1) is 5.82 Å². The molecule has 0 aliphatic rings. The zero-order chi connectivity index (χ0) is 13.9. The summed E-state index contributed by atoms with van der Waals surface area (Å²) in [5, 5.41) is 8.72. The lowest BCUT2D eigenvalue weighted by atomic mass is 10.2. The van der Waals surface area contributed by atoms with Crippen LogP contribution in [-0.2, 0) is 20.6 Å². The van der Waals surface area contributed by atoms with Crippen LogP contribution in [0.25, 0.3) is 0 Å². The molecular formula is C10H11ClFNO4S. The van der Waals surface area contributed by atoms with Gasteiger partial charge < -0.3 is 5.11 Å². The van der Waals surface area contributed by atoms with Gasteiger partial charge in [0, 0.05) is 17.6 Å². The maximum atomic E-state index is 13.4. The molecule has 100 valence electrons. The van der Waals surface area contributed by atoms with Gasteiger partial charge in [0.25, 0.3) is 0 Å². The number of benzene rings is 1. The van der Waals surface area contributed by atoms with Gasteiger partial charge in [-0.2, -0.15) is 4.31 Å². The molecular weight excluding hydrogens is 285 g/mol. The van der Waals surface area contributed by atoms with Gasteiger partial charge in [0.15, 0.2) is 0 Å². The number of carbonyl (C=O) groups is 1. The number of sulfonamides is 1. The summed E-state index contributed by atoms with van der Waals surface area (Å²) >= 11 is 5.64. The van der Waals surface area contributed by atoms with E-state index in [1.54, 1.807) is 0 Å². The van der Waals surface area contributed by atoms with E-state index in [1.807, 2.05) is 0 Å². The van der Waals surface area contributed by atoms with E-state index in [2.05, 4.69) is 0 Å². The summed E-state index contributed by atoms with van der Waals surface area (Å²) in [6.45, 7) is -0.676. The Balaban J connectivity index is 2.95. The van der Waals surface area contributed by atoms with Gasteiger partial charge in [-0.15, -0.1) is 0 Å². The van der Waals surface area contributed by atoms with Crippen molar-refractivity contribution >= 4 is 27.6 Å². The van der Waals surface area contributed by atoms with Gasteiger partial charge in [-0.05, 0) is 18.2 Å². The van der Waals surface area contributed by atoms with Crippen molar-refractivity contribution in [2.75, 3.05) is 13.6 Å². The van der Waals surface area contributed by atoms with Crippen molar-refractivity contribution in [2.45, 2.75) is 5.75 Å². The second-order valence-electron chi connectivity index (χ2n) is 3.64. The van der Waals surface area contributed by atoms with Crippen LogP contribution in [0.5, 0.6) is 0 Å². The van der Waals surface area contributed by atoms with Crippen molar-refractivity contribution in [1.82, 2.24) is 4.31 Å². The zero-order valence-corrected chi connectivity index (χ0v) is 11.0. The predicted octanol–water partition coefficient (Wildman–Crippen LogP) is 1.33. The lowest BCUT2D eigenvalue weighted by Crippen LogP contribution is -2.33. The first-order chi connectivity index (χ1) is 8.22. The highest BCUT2D eigenvalue weighted by Gasteiger charge is 2.22. The van der Waals surface area contributed by atoms with Crippen LogP contribution >= 0.6 is 11.6 Å². The Morgan fingerprint density at radius 2 is 2.11 bits per heavy atom. The van der Waals surface area contributed by atoms with Gasteiger partial charge in [0.2, 0.25) is 10.0 Å². The molecule has 0 aliphatic heterocycles. The van der Waals surface area contributed by atoms with E-state index in [1.165, 1.54) is 12.1 Å². The third-order valence-corrected chi connectivity index (χ3v) is 4.17. The Morgan fingerprint density at radius 1 is 1.50 bits per heavy atom. The Bertz CT molecular complexity index is 561. The molecule has 0 heterocycles. The van der Waals surface area contributed by atoms with Gasteiger partial charge >= 0.3 is 5.97 Å². The summed E-state index contributed by atoms with van der Waals surface area (Å²) in [6, 6.07) is 3.56.